The van der Waals surface area contributed by atoms with Crippen LogP contribution in [0.25, 0.3) is 0 Å². The zero-order valence-electron chi connectivity index (χ0n) is 15.2. The Labute approximate surface area is 162 Å². The van der Waals surface area contributed by atoms with Crippen LogP contribution < -0.4 is 10.2 Å². The molecule has 1 saturated heterocycles. The van der Waals surface area contributed by atoms with E-state index >= 15 is 0 Å². The van der Waals surface area contributed by atoms with Crippen LogP contribution in [0.4, 0.5) is 17.2 Å². The van der Waals surface area contributed by atoms with Gasteiger partial charge in [0, 0.05) is 31.6 Å². The second-order valence-electron chi connectivity index (χ2n) is 6.60. The molecule has 1 aromatic heterocycles. The van der Waals surface area contributed by atoms with Crippen molar-refractivity contribution in [1.29, 1.82) is 5.26 Å². The van der Waals surface area contributed by atoms with E-state index in [2.05, 4.69) is 15.2 Å². The van der Waals surface area contributed by atoms with Crippen LogP contribution in [0.15, 0.2) is 41.4 Å². The van der Waals surface area contributed by atoms with Crippen LogP contribution in [0.5, 0.6) is 0 Å². The van der Waals surface area contributed by atoms with Crippen LogP contribution in [0.2, 0.25) is 0 Å². The maximum Gasteiger partial charge on any atom is 0.310 e. The van der Waals surface area contributed by atoms with Crippen molar-refractivity contribution < 1.29 is 13.3 Å². The lowest BCUT2D eigenvalue weighted by Gasteiger charge is -2.33. The number of piperidine rings is 1. The van der Waals surface area contributed by atoms with Crippen molar-refractivity contribution in [3.05, 3.63) is 52.2 Å². The number of nitrogens with zero attached hydrogens (tertiary/aromatic N) is 4. The lowest BCUT2D eigenvalue weighted by molar-refractivity contribution is -0.386. The number of pyridine rings is 1. The Kier molecular flexibility index (Phi) is 5.46. The largest absolute Gasteiger partial charge is 0.377 e. The first-order valence-electron chi connectivity index (χ1n) is 8.64. The molecule has 3 rings (SSSR count). The van der Waals surface area contributed by atoms with Gasteiger partial charge in [-0.15, -0.1) is 0 Å². The quantitative estimate of drug-likeness (QED) is 0.597. The number of hydrogen-bond donors (Lipinski definition) is 1. The summed E-state index contributed by atoms with van der Waals surface area (Å²) in [5.74, 6) is 0.780. The Balaban J connectivity index is 1.73. The smallest absolute Gasteiger partial charge is 0.310 e. The molecule has 10 heteroatoms. The third-order valence-electron chi connectivity index (χ3n) is 4.64. The van der Waals surface area contributed by atoms with Crippen molar-refractivity contribution in [2.24, 2.45) is 0 Å². The molecule has 0 unspecified atom stereocenters. The molecular formula is C18H19N5O4S. The molecule has 9 nitrogen and oxygen atoms in total. The molecule has 0 radical (unpaired) electrons. The Morgan fingerprint density at radius 3 is 2.54 bits per heavy atom. The number of nitriles is 1. The number of rotatable bonds is 5. The second-order valence-corrected chi connectivity index (χ2v) is 8.59. The zero-order chi connectivity index (χ0) is 20.3. The van der Waals surface area contributed by atoms with Crippen LogP contribution in [0.1, 0.15) is 18.4 Å². The Bertz CT molecular complexity index is 1020. The van der Waals surface area contributed by atoms with Crippen molar-refractivity contribution in [2.45, 2.75) is 23.8 Å². The highest BCUT2D eigenvalue weighted by atomic mass is 32.2. The molecule has 0 aliphatic carbocycles. The fourth-order valence-corrected chi connectivity index (χ4v) is 4.10. The maximum absolute atomic E-state index is 11.9. The van der Waals surface area contributed by atoms with Gasteiger partial charge in [0.1, 0.15) is 22.5 Å². The number of aromatic nitrogens is 1. The molecule has 1 fully saturated rings. The van der Waals surface area contributed by atoms with E-state index < -0.39 is 20.4 Å². The average molecular weight is 401 g/mol. The standard InChI is InChI=1S/C18H19N5O4S/c1-28(26,27)16-4-2-3-15(18(16)23(24)25)21-14-7-9-22(10-8-14)17-6-5-13(11-19)12-20-17/h2-6,12,14,21H,7-10H2,1H3. The first-order chi connectivity index (χ1) is 13.3. The van der Waals surface area contributed by atoms with E-state index in [0.29, 0.717) is 31.5 Å². The predicted molar refractivity (Wildman–Crippen MR) is 104 cm³/mol. The van der Waals surface area contributed by atoms with Gasteiger partial charge in [0.05, 0.1) is 10.5 Å². The molecule has 0 amide bonds. The number of sulfone groups is 1. The zero-order valence-corrected chi connectivity index (χ0v) is 16.0. The summed E-state index contributed by atoms with van der Waals surface area (Å²) in [7, 11) is -3.71. The molecular weight excluding hydrogens is 382 g/mol. The van der Waals surface area contributed by atoms with Crippen molar-refractivity contribution in [3.63, 3.8) is 0 Å². The first-order valence-corrected chi connectivity index (χ1v) is 10.5. The van der Waals surface area contributed by atoms with E-state index in [4.69, 9.17) is 5.26 Å². The van der Waals surface area contributed by atoms with Gasteiger partial charge in [-0.05, 0) is 37.1 Å². The van der Waals surface area contributed by atoms with Gasteiger partial charge in [0.2, 0.25) is 0 Å². The topological polar surface area (TPSA) is 129 Å². The summed E-state index contributed by atoms with van der Waals surface area (Å²) in [6.45, 7) is 1.38. The third-order valence-corrected chi connectivity index (χ3v) is 5.76. The molecule has 146 valence electrons. The fourth-order valence-electron chi connectivity index (χ4n) is 3.24. The molecule has 28 heavy (non-hydrogen) atoms. The monoisotopic (exact) mass is 401 g/mol. The van der Waals surface area contributed by atoms with Crippen LogP contribution in [0.3, 0.4) is 0 Å². The number of benzene rings is 1. The number of nitrogens with one attached hydrogen (secondary N) is 1. The van der Waals surface area contributed by atoms with Crippen LogP contribution in [-0.4, -0.2) is 43.7 Å². The molecule has 0 spiro atoms. The minimum atomic E-state index is -3.71. The normalized spacial score (nSPS) is 15.1. The van der Waals surface area contributed by atoms with E-state index in [1.54, 1.807) is 12.1 Å². The lowest BCUT2D eigenvalue weighted by atomic mass is 10.0. The van der Waals surface area contributed by atoms with E-state index in [-0.39, 0.29) is 16.6 Å². The van der Waals surface area contributed by atoms with Crippen molar-refractivity contribution in [1.82, 2.24) is 4.98 Å². The highest BCUT2D eigenvalue weighted by Crippen LogP contribution is 2.33. The molecule has 2 heterocycles. The van der Waals surface area contributed by atoms with Crippen molar-refractivity contribution in [2.75, 3.05) is 29.6 Å². The lowest BCUT2D eigenvalue weighted by Crippen LogP contribution is -2.39. The predicted octanol–water partition coefficient (Wildman–Crippen LogP) is 2.35. The van der Waals surface area contributed by atoms with Gasteiger partial charge in [0.25, 0.3) is 0 Å². The van der Waals surface area contributed by atoms with Crippen LogP contribution >= 0.6 is 0 Å². The molecule has 0 saturated carbocycles. The molecule has 0 bridgehead atoms. The van der Waals surface area contributed by atoms with Crippen LogP contribution in [-0.2, 0) is 9.84 Å². The van der Waals surface area contributed by atoms with Crippen molar-refractivity contribution in [3.8, 4) is 6.07 Å². The van der Waals surface area contributed by atoms with Gasteiger partial charge in [-0.2, -0.15) is 5.26 Å². The van der Waals surface area contributed by atoms with E-state index in [1.165, 1.54) is 24.4 Å². The van der Waals surface area contributed by atoms with Crippen molar-refractivity contribution >= 4 is 27.0 Å². The average Bonchev–Trinajstić information content (AvgIpc) is 2.67. The number of hydrogen-bond acceptors (Lipinski definition) is 8. The summed E-state index contributed by atoms with van der Waals surface area (Å²) in [5, 5.41) is 23.5. The highest BCUT2D eigenvalue weighted by molar-refractivity contribution is 7.90. The van der Waals surface area contributed by atoms with Gasteiger partial charge in [-0.3, -0.25) is 10.1 Å². The number of nitro benzene ring substituents is 1. The number of nitro groups is 1. The van der Waals surface area contributed by atoms with Crippen LogP contribution in [0, 0.1) is 21.4 Å². The summed E-state index contributed by atoms with van der Waals surface area (Å²) >= 11 is 0. The van der Waals surface area contributed by atoms with Gasteiger partial charge in [-0.25, -0.2) is 13.4 Å². The van der Waals surface area contributed by atoms with E-state index in [9.17, 15) is 18.5 Å². The third kappa shape index (κ3) is 4.20. The second kappa shape index (κ2) is 7.82. The summed E-state index contributed by atoms with van der Waals surface area (Å²) < 4.78 is 23.8. The SMILES string of the molecule is CS(=O)(=O)c1cccc(NC2CCN(c3ccc(C#N)cn3)CC2)c1[N+](=O)[O-]. The number of para-hydroxylation sites is 1. The van der Waals surface area contributed by atoms with Gasteiger partial charge in [-0.1, -0.05) is 6.07 Å². The van der Waals surface area contributed by atoms with E-state index in [0.717, 1.165) is 12.1 Å². The maximum atomic E-state index is 11.9. The summed E-state index contributed by atoms with van der Waals surface area (Å²) in [6, 6.07) is 9.80. The van der Waals surface area contributed by atoms with Gasteiger partial charge in [0.15, 0.2) is 9.84 Å². The minimum absolute atomic E-state index is 0.0249. The Morgan fingerprint density at radius 1 is 1.29 bits per heavy atom. The molecule has 1 aromatic carbocycles. The number of anilines is 2. The molecule has 2 aromatic rings. The fraction of sp³-hybridized carbons (Fsp3) is 0.333. The minimum Gasteiger partial charge on any atom is -0.377 e. The molecule has 1 aliphatic rings. The Morgan fingerprint density at radius 2 is 2.00 bits per heavy atom. The summed E-state index contributed by atoms with van der Waals surface area (Å²) in [6.07, 6.45) is 3.91. The summed E-state index contributed by atoms with van der Waals surface area (Å²) in [4.78, 5) is 16.9. The summed E-state index contributed by atoms with van der Waals surface area (Å²) in [5.41, 5.74) is 0.294. The molecule has 1 N–H and O–H groups in total. The molecule has 0 atom stereocenters. The van der Waals surface area contributed by atoms with E-state index in [1.807, 2.05) is 6.07 Å². The van der Waals surface area contributed by atoms with Gasteiger partial charge < -0.3 is 10.2 Å². The van der Waals surface area contributed by atoms with Gasteiger partial charge >= 0.3 is 5.69 Å². The Hall–Kier alpha value is -3.19. The molecule has 1 aliphatic heterocycles. The first kappa shape index (κ1) is 19.6. The highest BCUT2D eigenvalue weighted by Gasteiger charge is 2.28.